The fraction of sp³-hybridized carbons (Fsp3) is 1.00. The van der Waals surface area contributed by atoms with E-state index >= 15 is 0 Å². The van der Waals surface area contributed by atoms with Crippen LogP contribution in [0.5, 0.6) is 0 Å². The summed E-state index contributed by atoms with van der Waals surface area (Å²) in [7, 11) is 0.601. The predicted molar refractivity (Wildman–Crippen MR) is 37.6 cm³/mol. The summed E-state index contributed by atoms with van der Waals surface area (Å²) in [4.78, 5) is 0. The average molecular weight is 224 g/mol. The Morgan fingerprint density at radius 3 is 1.36 bits per heavy atom. The lowest BCUT2D eigenvalue weighted by Gasteiger charge is -2.37. The van der Waals surface area contributed by atoms with Crippen molar-refractivity contribution in [3.63, 3.8) is 0 Å². The van der Waals surface area contributed by atoms with Crippen molar-refractivity contribution in [1.29, 1.82) is 0 Å². The van der Waals surface area contributed by atoms with E-state index in [0.29, 0.717) is 7.05 Å². The van der Waals surface area contributed by atoms with Gasteiger partial charge in [0.1, 0.15) is 0 Å². The van der Waals surface area contributed by atoms with Crippen LogP contribution >= 0.6 is 0 Å². The van der Waals surface area contributed by atoms with Crippen LogP contribution in [0.2, 0.25) is 0 Å². The Kier molecular flexibility index (Phi) is 3.79. The number of nitrogens with one attached hydrogen (secondary N) is 2. The van der Waals surface area contributed by atoms with Gasteiger partial charge in [-0.15, -0.1) is 0 Å². The smallest absolute Gasteiger partial charge is 0.287 e. The van der Waals surface area contributed by atoms with Crippen LogP contribution in [0.3, 0.4) is 0 Å². The zero-order chi connectivity index (χ0) is 11.6. The second-order valence-corrected chi connectivity index (χ2v) is 2.53. The molecule has 8 heteroatoms. The molecule has 0 unspecified atom stereocenters. The second kappa shape index (κ2) is 3.93. The topological polar surface area (TPSA) is 24.1 Å². The Morgan fingerprint density at radius 1 is 0.929 bits per heavy atom. The van der Waals surface area contributed by atoms with Crippen LogP contribution < -0.4 is 10.6 Å². The fourth-order valence-corrected chi connectivity index (χ4v) is 0.998. The van der Waals surface area contributed by atoms with Crippen molar-refractivity contribution in [2.24, 2.45) is 0 Å². The van der Waals surface area contributed by atoms with Crippen molar-refractivity contribution in [3.8, 4) is 0 Å². The highest BCUT2D eigenvalue weighted by molar-refractivity contribution is 4.98. The van der Waals surface area contributed by atoms with Gasteiger partial charge in [0.2, 0.25) is 0 Å². The van der Waals surface area contributed by atoms with Gasteiger partial charge in [-0.1, -0.05) is 6.92 Å². The number of halogens is 6. The minimum Gasteiger partial charge on any atom is -0.287 e. The number of hydrogen-bond donors (Lipinski definition) is 2. The molecule has 86 valence electrons. The van der Waals surface area contributed by atoms with Crippen molar-refractivity contribution >= 4 is 0 Å². The highest BCUT2D eigenvalue weighted by atomic mass is 19.4. The molecule has 0 spiro atoms. The lowest BCUT2D eigenvalue weighted by atomic mass is 10.1. The maximum Gasteiger partial charge on any atom is 0.429 e. The normalized spacial score (nSPS) is 14.6. The number of hydrogen-bond acceptors (Lipinski definition) is 2. The molecular formula is C6H10F6N2. The van der Waals surface area contributed by atoms with Crippen molar-refractivity contribution in [1.82, 2.24) is 10.6 Å². The molecule has 0 heterocycles. The van der Waals surface area contributed by atoms with E-state index in [0.717, 1.165) is 6.92 Å². The molecule has 0 atom stereocenters. The van der Waals surface area contributed by atoms with Crippen LogP contribution in [0.15, 0.2) is 0 Å². The number of alkyl halides is 6. The summed E-state index contributed by atoms with van der Waals surface area (Å²) in [6, 6.07) is 0. The third kappa shape index (κ3) is 2.11. The van der Waals surface area contributed by atoms with Crippen molar-refractivity contribution in [2.75, 3.05) is 13.6 Å². The van der Waals surface area contributed by atoms with Crippen LogP contribution in [0, 0.1) is 0 Å². The first-order chi connectivity index (χ1) is 6.12. The summed E-state index contributed by atoms with van der Waals surface area (Å²) in [5.41, 5.74) is -4.03. The summed E-state index contributed by atoms with van der Waals surface area (Å²) in [6.45, 7) is 0.698. The van der Waals surface area contributed by atoms with Crippen molar-refractivity contribution < 1.29 is 26.3 Å². The molecule has 0 aromatic carbocycles. The Labute approximate surface area is 76.7 Å². The first kappa shape index (κ1) is 13.5. The summed E-state index contributed by atoms with van der Waals surface area (Å²) in [6.07, 6.45) is -10.9. The first-order valence-electron chi connectivity index (χ1n) is 3.69. The molecule has 2 nitrogen and oxygen atoms in total. The van der Waals surface area contributed by atoms with Crippen LogP contribution in [0.25, 0.3) is 0 Å². The first-order valence-corrected chi connectivity index (χ1v) is 3.69. The molecule has 2 N–H and O–H groups in total. The molecule has 0 amide bonds. The Hall–Kier alpha value is -0.500. The Balaban J connectivity index is 5.21. The summed E-state index contributed by atoms with van der Waals surface area (Å²) >= 11 is 0. The summed E-state index contributed by atoms with van der Waals surface area (Å²) < 4.78 is 73.3. The molecule has 0 aliphatic rings. The van der Waals surface area contributed by atoms with E-state index in [-0.39, 0.29) is 0 Å². The van der Waals surface area contributed by atoms with Gasteiger partial charge < -0.3 is 0 Å². The van der Waals surface area contributed by atoms with E-state index < -0.39 is 24.6 Å². The molecule has 14 heavy (non-hydrogen) atoms. The standard InChI is InChI=1S/C6H10F6N2/c1-3-14-4(13-2,5(7,8)9)6(10,11)12/h13-14H,3H2,1-2H3. The third-order valence-corrected chi connectivity index (χ3v) is 1.67. The maximum absolute atomic E-state index is 12.2. The van der Waals surface area contributed by atoms with E-state index in [9.17, 15) is 26.3 Å². The highest BCUT2D eigenvalue weighted by Gasteiger charge is 2.70. The molecule has 0 aromatic rings. The second-order valence-electron chi connectivity index (χ2n) is 2.53. The zero-order valence-electron chi connectivity index (χ0n) is 7.47. The molecule has 0 aromatic heterocycles. The Morgan fingerprint density at radius 2 is 1.29 bits per heavy atom. The van der Waals surface area contributed by atoms with Gasteiger partial charge in [-0.05, 0) is 13.6 Å². The molecule has 0 radical (unpaired) electrons. The predicted octanol–water partition coefficient (Wildman–Crippen LogP) is 1.64. The van der Waals surface area contributed by atoms with E-state index in [1.165, 1.54) is 10.6 Å². The average Bonchev–Trinajstić information content (AvgIpc) is 1.94. The lowest BCUT2D eigenvalue weighted by molar-refractivity contribution is -0.316. The van der Waals surface area contributed by atoms with Gasteiger partial charge >= 0.3 is 12.4 Å². The van der Waals surface area contributed by atoms with Crippen LogP contribution in [0.4, 0.5) is 26.3 Å². The summed E-state index contributed by atoms with van der Waals surface area (Å²) in [5.74, 6) is 0. The van der Waals surface area contributed by atoms with Gasteiger partial charge in [-0.3, -0.25) is 10.6 Å². The maximum atomic E-state index is 12.2. The van der Waals surface area contributed by atoms with Crippen LogP contribution in [-0.2, 0) is 0 Å². The van der Waals surface area contributed by atoms with Gasteiger partial charge in [-0.25, -0.2) is 0 Å². The molecule has 0 aliphatic carbocycles. The van der Waals surface area contributed by atoms with E-state index in [1.54, 1.807) is 0 Å². The monoisotopic (exact) mass is 224 g/mol. The van der Waals surface area contributed by atoms with E-state index in [2.05, 4.69) is 0 Å². The molecule has 0 aliphatic heterocycles. The van der Waals surface area contributed by atoms with E-state index in [1.807, 2.05) is 0 Å². The van der Waals surface area contributed by atoms with Gasteiger partial charge in [0.05, 0.1) is 0 Å². The minimum atomic E-state index is -5.45. The van der Waals surface area contributed by atoms with Crippen LogP contribution in [0.1, 0.15) is 6.92 Å². The molecule has 0 saturated heterocycles. The van der Waals surface area contributed by atoms with Gasteiger partial charge in [0.15, 0.2) is 0 Å². The van der Waals surface area contributed by atoms with Gasteiger partial charge in [0, 0.05) is 0 Å². The largest absolute Gasteiger partial charge is 0.429 e. The zero-order valence-corrected chi connectivity index (χ0v) is 7.47. The fourth-order valence-electron chi connectivity index (χ4n) is 0.998. The van der Waals surface area contributed by atoms with Gasteiger partial charge in [-0.2, -0.15) is 26.3 Å². The van der Waals surface area contributed by atoms with E-state index in [4.69, 9.17) is 0 Å². The highest BCUT2D eigenvalue weighted by Crippen LogP contribution is 2.40. The Bertz CT molecular complexity index is 170. The molecule has 0 saturated carbocycles. The minimum absolute atomic E-state index is 0.458. The SMILES string of the molecule is CCNC(NC)(C(F)(F)F)C(F)(F)F. The number of rotatable bonds is 3. The molecular weight excluding hydrogens is 214 g/mol. The summed E-state index contributed by atoms with van der Waals surface area (Å²) in [5, 5.41) is 2.60. The molecule has 0 fully saturated rings. The lowest BCUT2D eigenvalue weighted by Crippen LogP contribution is -2.73. The quantitative estimate of drug-likeness (QED) is 0.562. The third-order valence-electron chi connectivity index (χ3n) is 1.67. The van der Waals surface area contributed by atoms with Crippen LogP contribution in [-0.4, -0.2) is 31.6 Å². The molecule has 0 rings (SSSR count). The van der Waals surface area contributed by atoms with Gasteiger partial charge in [0.25, 0.3) is 5.66 Å². The molecule has 0 bridgehead atoms. The van der Waals surface area contributed by atoms with Crippen molar-refractivity contribution in [2.45, 2.75) is 24.9 Å². The van der Waals surface area contributed by atoms with Crippen molar-refractivity contribution in [3.05, 3.63) is 0 Å².